The number of rotatable bonds is 4. The van der Waals surface area contributed by atoms with Crippen LogP contribution < -0.4 is 10.6 Å². The van der Waals surface area contributed by atoms with Gasteiger partial charge in [0.1, 0.15) is 5.56 Å². The number of thiophene rings is 1. The van der Waals surface area contributed by atoms with E-state index >= 15 is 0 Å². The van der Waals surface area contributed by atoms with Crippen LogP contribution >= 0.6 is 22.9 Å². The van der Waals surface area contributed by atoms with E-state index in [0.717, 1.165) is 11.3 Å². The minimum Gasteiger partial charge on any atom is -0.465 e. The lowest BCUT2D eigenvalue weighted by Gasteiger charge is -2.30. The Balaban J connectivity index is 1.63. The van der Waals surface area contributed by atoms with Crippen molar-refractivity contribution in [2.24, 2.45) is 0 Å². The Kier molecular flexibility index (Phi) is 6.94. The van der Waals surface area contributed by atoms with Crippen LogP contribution in [0.15, 0.2) is 29.8 Å². The van der Waals surface area contributed by atoms with E-state index in [4.69, 9.17) is 16.7 Å². The zero-order chi connectivity index (χ0) is 27.1. The topological polar surface area (TPSA) is 107 Å². The van der Waals surface area contributed by atoms with Gasteiger partial charge in [0, 0.05) is 24.7 Å². The van der Waals surface area contributed by atoms with Crippen LogP contribution in [0, 0.1) is 0 Å². The first-order valence-electron chi connectivity index (χ1n) is 10.2. The summed E-state index contributed by atoms with van der Waals surface area (Å²) in [6.07, 6.45) is -10.5. The van der Waals surface area contributed by atoms with Gasteiger partial charge in [0.2, 0.25) is 5.95 Å². The van der Waals surface area contributed by atoms with Crippen molar-refractivity contribution in [3.63, 3.8) is 0 Å². The second-order valence-corrected chi connectivity index (χ2v) is 9.10. The smallest absolute Gasteiger partial charge is 0.465 e. The van der Waals surface area contributed by atoms with Gasteiger partial charge in [-0.3, -0.25) is 10.1 Å². The molecule has 3 heterocycles. The van der Waals surface area contributed by atoms with Gasteiger partial charge < -0.3 is 15.3 Å². The molecule has 3 N–H and O–H groups in total. The second kappa shape index (κ2) is 9.70. The van der Waals surface area contributed by atoms with Gasteiger partial charge in [-0.15, -0.1) is 11.3 Å². The SMILES string of the molecule is O=C(O)Nc1csc(-c2nc(Nc3cc4c(cc3Cl)CN(C(=O)C(F)(F)F)CC4)ncc2C(F)(F)F)c1. The van der Waals surface area contributed by atoms with E-state index in [-0.39, 0.29) is 46.7 Å². The number of carbonyl (C=O) groups excluding carboxylic acids is 1. The number of amides is 2. The summed E-state index contributed by atoms with van der Waals surface area (Å²) in [4.78, 5) is 30.7. The van der Waals surface area contributed by atoms with Crippen LogP contribution in [0.4, 0.5) is 48.5 Å². The predicted molar refractivity (Wildman–Crippen MR) is 122 cm³/mol. The maximum atomic E-state index is 13.6. The zero-order valence-corrected chi connectivity index (χ0v) is 19.7. The van der Waals surface area contributed by atoms with Crippen LogP contribution in [0.25, 0.3) is 10.6 Å². The van der Waals surface area contributed by atoms with Crippen LogP contribution in [0.5, 0.6) is 0 Å². The van der Waals surface area contributed by atoms with Crippen molar-refractivity contribution in [1.82, 2.24) is 14.9 Å². The number of nitrogens with one attached hydrogen (secondary N) is 2. The van der Waals surface area contributed by atoms with E-state index in [1.807, 2.05) is 5.32 Å². The third kappa shape index (κ3) is 5.88. The molecule has 3 aromatic rings. The summed E-state index contributed by atoms with van der Waals surface area (Å²) in [6, 6.07) is 4.07. The molecule has 0 atom stereocenters. The maximum absolute atomic E-state index is 13.6. The van der Waals surface area contributed by atoms with E-state index in [1.165, 1.54) is 23.6 Å². The average molecular weight is 566 g/mol. The van der Waals surface area contributed by atoms with E-state index in [9.17, 15) is 35.9 Å². The van der Waals surface area contributed by atoms with Gasteiger partial charge in [0.25, 0.3) is 0 Å². The molecule has 0 spiro atoms. The fourth-order valence-corrected chi connectivity index (χ4v) is 4.71. The summed E-state index contributed by atoms with van der Waals surface area (Å²) in [5.41, 5.74) is -0.402. The van der Waals surface area contributed by atoms with E-state index in [0.29, 0.717) is 22.2 Å². The minimum absolute atomic E-state index is 0.0208. The third-order valence-corrected chi connectivity index (χ3v) is 6.51. The molecule has 4 rings (SSSR count). The first-order chi connectivity index (χ1) is 17.2. The lowest BCUT2D eigenvalue weighted by molar-refractivity contribution is -0.186. The number of alkyl halides is 6. The van der Waals surface area contributed by atoms with Gasteiger partial charge >= 0.3 is 24.4 Å². The van der Waals surface area contributed by atoms with Crippen molar-refractivity contribution in [1.29, 1.82) is 0 Å². The standard InChI is InChI=1S/C21H14ClF6N5O3S/c22-13-3-10-7-33(17(34)21(26,27)28)2-1-9(10)4-14(13)31-18-29-6-12(20(23,24)25)16(32-18)15-5-11(8-37-15)30-19(35)36/h3-6,8,30H,1-2,7H2,(H,35,36)(H,29,31,32). The van der Waals surface area contributed by atoms with Gasteiger partial charge in [0.15, 0.2) is 0 Å². The Morgan fingerprint density at radius 3 is 2.49 bits per heavy atom. The first kappa shape index (κ1) is 26.5. The molecular weight excluding hydrogens is 552 g/mol. The zero-order valence-electron chi connectivity index (χ0n) is 18.2. The largest absolute Gasteiger partial charge is 0.471 e. The van der Waals surface area contributed by atoms with Crippen LogP contribution in [0.3, 0.4) is 0 Å². The Morgan fingerprint density at radius 1 is 1.11 bits per heavy atom. The Bertz CT molecular complexity index is 1380. The fraction of sp³-hybridized carbons (Fsp3) is 0.238. The molecule has 0 fully saturated rings. The average Bonchev–Trinajstić information content (AvgIpc) is 3.25. The second-order valence-electron chi connectivity index (χ2n) is 7.78. The van der Waals surface area contributed by atoms with Crippen LogP contribution in [-0.4, -0.2) is 44.7 Å². The van der Waals surface area contributed by atoms with Crippen molar-refractivity contribution in [3.05, 3.63) is 51.5 Å². The van der Waals surface area contributed by atoms with Crippen molar-refractivity contribution in [2.45, 2.75) is 25.3 Å². The number of hydrogen-bond acceptors (Lipinski definition) is 6. The molecule has 37 heavy (non-hydrogen) atoms. The highest BCUT2D eigenvalue weighted by Crippen LogP contribution is 2.40. The first-order valence-corrected chi connectivity index (χ1v) is 11.5. The molecule has 0 bridgehead atoms. The van der Waals surface area contributed by atoms with Crippen molar-refractivity contribution in [3.8, 4) is 10.6 Å². The normalized spacial score (nSPS) is 13.8. The van der Waals surface area contributed by atoms with E-state index in [1.54, 1.807) is 0 Å². The molecule has 2 amide bonds. The van der Waals surface area contributed by atoms with Crippen LogP contribution in [0.2, 0.25) is 5.02 Å². The van der Waals surface area contributed by atoms with Gasteiger partial charge in [-0.05, 0) is 35.7 Å². The molecule has 8 nitrogen and oxygen atoms in total. The molecule has 1 aliphatic rings. The fourth-order valence-electron chi connectivity index (χ4n) is 3.63. The number of carbonyl (C=O) groups is 2. The predicted octanol–water partition coefficient (Wildman–Crippen LogP) is 6.16. The van der Waals surface area contributed by atoms with Gasteiger partial charge in [-0.2, -0.15) is 26.3 Å². The monoisotopic (exact) mass is 565 g/mol. The lowest BCUT2D eigenvalue weighted by atomic mass is 9.99. The molecule has 0 saturated carbocycles. The Morgan fingerprint density at radius 2 is 1.84 bits per heavy atom. The van der Waals surface area contributed by atoms with Crippen LogP contribution in [0.1, 0.15) is 16.7 Å². The maximum Gasteiger partial charge on any atom is 0.471 e. The Labute approximate surface area is 212 Å². The van der Waals surface area contributed by atoms with E-state index < -0.39 is 35.6 Å². The van der Waals surface area contributed by atoms with Gasteiger partial charge in [-0.25, -0.2) is 14.8 Å². The summed E-state index contributed by atoms with van der Waals surface area (Å²) < 4.78 is 79.1. The highest BCUT2D eigenvalue weighted by atomic mass is 35.5. The summed E-state index contributed by atoms with van der Waals surface area (Å²) in [5.74, 6) is -2.21. The molecular formula is C21H14ClF6N5O3S. The number of anilines is 3. The number of benzene rings is 1. The number of fused-ring (bicyclic) bond motifs is 1. The van der Waals surface area contributed by atoms with Crippen molar-refractivity contribution in [2.75, 3.05) is 17.2 Å². The summed E-state index contributed by atoms with van der Waals surface area (Å²) in [7, 11) is 0. The van der Waals surface area contributed by atoms with E-state index in [2.05, 4.69) is 15.3 Å². The molecule has 0 saturated heterocycles. The van der Waals surface area contributed by atoms with Gasteiger partial charge in [-0.1, -0.05) is 11.6 Å². The number of halogens is 7. The highest BCUT2D eigenvalue weighted by Gasteiger charge is 2.43. The molecule has 0 unspecified atom stereocenters. The molecule has 2 aromatic heterocycles. The van der Waals surface area contributed by atoms with Crippen LogP contribution in [-0.2, 0) is 23.9 Å². The van der Waals surface area contributed by atoms with Gasteiger partial charge in [0.05, 0.1) is 27.0 Å². The molecule has 16 heteroatoms. The highest BCUT2D eigenvalue weighted by molar-refractivity contribution is 7.14. The Hall–Kier alpha value is -3.59. The number of carboxylic acid groups (broad SMARTS) is 1. The molecule has 196 valence electrons. The molecule has 1 aliphatic heterocycles. The molecule has 0 aliphatic carbocycles. The molecule has 0 radical (unpaired) electrons. The van der Waals surface area contributed by atoms with Crippen molar-refractivity contribution >= 4 is 52.3 Å². The lowest BCUT2D eigenvalue weighted by Crippen LogP contribution is -2.43. The minimum atomic E-state index is -5.01. The molecule has 1 aromatic carbocycles. The number of hydrogen-bond donors (Lipinski definition) is 3. The number of nitrogens with zero attached hydrogens (tertiary/aromatic N) is 3. The summed E-state index contributed by atoms with van der Waals surface area (Å²) in [5, 5.41) is 14.9. The van der Waals surface area contributed by atoms with Crippen molar-refractivity contribution < 1.29 is 41.0 Å². The summed E-state index contributed by atoms with van der Waals surface area (Å²) in [6.45, 7) is -0.488. The quantitative estimate of drug-likeness (QED) is 0.327. The summed E-state index contributed by atoms with van der Waals surface area (Å²) >= 11 is 7.09. The third-order valence-electron chi connectivity index (χ3n) is 5.26. The number of aromatic nitrogens is 2.